The average Bonchev–Trinajstić information content (AvgIpc) is 3.01. The van der Waals surface area contributed by atoms with Gasteiger partial charge in [-0.2, -0.15) is 0 Å². The van der Waals surface area contributed by atoms with Crippen LogP contribution in [0.2, 0.25) is 0 Å². The van der Waals surface area contributed by atoms with Crippen molar-refractivity contribution in [2.24, 2.45) is 0 Å². The molecular weight excluding hydrogens is 630 g/mol. The fraction of sp³-hybridized carbons (Fsp3) is 0.962. The monoisotopic (exact) mass is 675 g/mol. The maximum absolute atomic E-state index is 11.7. The molecule has 0 spiro atoms. The molecule has 0 aromatic heterocycles. The highest BCUT2D eigenvalue weighted by atomic mass is 16.8. The Hall–Kier alpha value is -1.25. The lowest BCUT2D eigenvalue weighted by atomic mass is 9.95. The Morgan fingerprint density at radius 2 is 1.07 bits per heavy atom. The van der Waals surface area contributed by atoms with E-state index in [2.05, 4.69) is 5.32 Å². The van der Waals surface area contributed by atoms with Crippen molar-refractivity contribution in [2.75, 3.05) is 13.2 Å². The minimum atomic E-state index is -1.92. The molecule has 12 N–H and O–H groups in total. The molecule has 268 valence electrons. The van der Waals surface area contributed by atoms with Gasteiger partial charge in [0.1, 0.15) is 85.4 Å². The van der Waals surface area contributed by atoms with E-state index in [1.54, 1.807) is 0 Å². The average molecular weight is 676 g/mol. The number of aliphatic hydroxyl groups excluding tert-OH is 11. The molecule has 0 saturated carbocycles. The van der Waals surface area contributed by atoms with Crippen molar-refractivity contribution in [1.29, 1.82) is 0 Å². The third-order valence-corrected chi connectivity index (χ3v) is 8.53. The molecule has 0 aromatic carbocycles. The van der Waals surface area contributed by atoms with Gasteiger partial charge in [-0.25, -0.2) is 0 Å². The summed E-state index contributed by atoms with van der Waals surface area (Å²) in [6.45, 7) is 2.36. The van der Waals surface area contributed by atoms with Gasteiger partial charge >= 0.3 is 0 Å². The summed E-state index contributed by atoms with van der Waals surface area (Å²) in [6.07, 6.45) is -30.5. The van der Waals surface area contributed by atoms with Crippen molar-refractivity contribution in [3.8, 4) is 0 Å². The van der Waals surface area contributed by atoms with Gasteiger partial charge in [0.2, 0.25) is 5.91 Å². The number of carbonyl (C=O) groups is 1. The summed E-state index contributed by atoms with van der Waals surface area (Å²) in [6, 6.07) is -1.39. The first-order valence-electron chi connectivity index (χ1n) is 14.8. The highest BCUT2D eigenvalue weighted by Gasteiger charge is 2.55. The summed E-state index contributed by atoms with van der Waals surface area (Å²) < 4.78 is 39.1. The van der Waals surface area contributed by atoms with E-state index in [-0.39, 0.29) is 0 Å². The topological polar surface area (TPSA) is 316 Å². The Labute approximate surface area is 262 Å². The molecule has 0 bridgehead atoms. The lowest BCUT2D eigenvalue weighted by Crippen LogP contribution is -2.68. The van der Waals surface area contributed by atoms with Crippen molar-refractivity contribution < 1.29 is 94.1 Å². The van der Waals surface area contributed by atoms with Crippen LogP contribution in [0.25, 0.3) is 0 Å². The maximum Gasteiger partial charge on any atom is 0.217 e. The van der Waals surface area contributed by atoms with E-state index < -0.39 is 142 Å². The summed E-state index contributed by atoms with van der Waals surface area (Å²) in [5.41, 5.74) is 0. The molecule has 4 fully saturated rings. The summed E-state index contributed by atoms with van der Waals surface area (Å²) in [5.74, 6) is -0.632. The van der Waals surface area contributed by atoms with Crippen LogP contribution in [-0.4, -0.2) is 198 Å². The number of rotatable bonds is 9. The Bertz CT molecular complexity index is 997. The Balaban J connectivity index is 1.51. The first-order chi connectivity index (χ1) is 21.6. The van der Waals surface area contributed by atoms with Crippen LogP contribution in [0.3, 0.4) is 0 Å². The minimum Gasteiger partial charge on any atom is -0.394 e. The summed E-state index contributed by atoms with van der Waals surface area (Å²) in [7, 11) is 0. The summed E-state index contributed by atoms with van der Waals surface area (Å²) in [5, 5.41) is 117. The molecule has 1 amide bonds. The molecule has 46 heavy (non-hydrogen) atoms. The zero-order valence-electron chi connectivity index (χ0n) is 25.1. The normalized spacial score (nSPS) is 51.9. The first kappa shape index (κ1) is 37.6. The highest BCUT2D eigenvalue weighted by molar-refractivity contribution is 5.73. The van der Waals surface area contributed by atoms with Crippen molar-refractivity contribution in [2.45, 2.75) is 144 Å². The van der Waals surface area contributed by atoms with Crippen LogP contribution in [0.1, 0.15) is 20.8 Å². The molecule has 0 aromatic rings. The fourth-order valence-corrected chi connectivity index (χ4v) is 5.84. The molecule has 4 rings (SSSR count). The largest absolute Gasteiger partial charge is 0.394 e. The van der Waals surface area contributed by atoms with E-state index in [0.717, 1.165) is 6.92 Å². The highest BCUT2D eigenvalue weighted by Crippen LogP contribution is 2.34. The zero-order chi connectivity index (χ0) is 34.2. The SMILES string of the molecule is CC(=O)N[C@@H]1[C@@H](O[C@@H]2O[C@H](C)[C@H](O[C@@H]3O[C@H](CO)[C@H](O)[C@H](O)[C@H]3O[C@@H]3O[C@H](C)[C@H](O)[C@H](O)[C@H]3O)[C@H](O)[C@H]2O)[C@H](O)[C@@H](CO)O[C@H]1O. The number of ether oxygens (including phenoxy) is 7. The van der Waals surface area contributed by atoms with Gasteiger partial charge in [0.15, 0.2) is 25.2 Å². The van der Waals surface area contributed by atoms with Gasteiger partial charge in [-0.3, -0.25) is 4.79 Å². The van der Waals surface area contributed by atoms with Crippen LogP contribution >= 0.6 is 0 Å². The van der Waals surface area contributed by atoms with E-state index in [4.69, 9.17) is 33.2 Å². The quantitative estimate of drug-likeness (QED) is 0.108. The molecule has 0 radical (unpaired) electrons. The third-order valence-electron chi connectivity index (χ3n) is 8.53. The van der Waals surface area contributed by atoms with Gasteiger partial charge in [0.05, 0.1) is 25.4 Å². The van der Waals surface area contributed by atoms with Gasteiger partial charge in [-0.05, 0) is 13.8 Å². The lowest BCUT2D eigenvalue weighted by molar-refractivity contribution is -0.389. The van der Waals surface area contributed by atoms with E-state index in [0.29, 0.717) is 0 Å². The van der Waals surface area contributed by atoms with E-state index in [1.165, 1.54) is 13.8 Å². The van der Waals surface area contributed by atoms with Gasteiger partial charge in [-0.15, -0.1) is 0 Å². The van der Waals surface area contributed by atoms with Crippen molar-refractivity contribution in [3.63, 3.8) is 0 Å². The maximum atomic E-state index is 11.7. The van der Waals surface area contributed by atoms with Crippen LogP contribution in [-0.2, 0) is 38.0 Å². The number of carbonyl (C=O) groups excluding carboxylic acids is 1. The van der Waals surface area contributed by atoms with E-state index >= 15 is 0 Å². The predicted molar refractivity (Wildman–Crippen MR) is 143 cm³/mol. The second kappa shape index (κ2) is 15.5. The number of hydrogen-bond donors (Lipinski definition) is 12. The molecule has 20 heteroatoms. The molecule has 4 saturated heterocycles. The third kappa shape index (κ3) is 7.64. The molecule has 20 atom stereocenters. The Kier molecular flexibility index (Phi) is 12.7. The molecule has 4 aliphatic rings. The van der Waals surface area contributed by atoms with Crippen LogP contribution < -0.4 is 5.32 Å². The predicted octanol–water partition coefficient (Wildman–Crippen LogP) is -7.55. The number of amides is 1. The van der Waals surface area contributed by atoms with Gasteiger partial charge in [0.25, 0.3) is 0 Å². The summed E-state index contributed by atoms with van der Waals surface area (Å²) >= 11 is 0. The van der Waals surface area contributed by atoms with E-state index in [1.807, 2.05) is 0 Å². The van der Waals surface area contributed by atoms with Gasteiger partial charge < -0.3 is 94.6 Å². The minimum absolute atomic E-state index is 0.632. The molecule has 0 aliphatic carbocycles. The Morgan fingerprint density at radius 1 is 0.565 bits per heavy atom. The van der Waals surface area contributed by atoms with Gasteiger partial charge in [-0.1, -0.05) is 0 Å². The van der Waals surface area contributed by atoms with Crippen LogP contribution in [0, 0.1) is 0 Å². The van der Waals surface area contributed by atoms with Crippen LogP contribution in [0.4, 0.5) is 0 Å². The standard InChI is InChI=1S/C26H45NO19/c1-6-12(31)15(34)18(37)24(40-6)46-22-16(35)13(32)9(4-28)43-26(22)44-20-7(2)41-25(19(38)17(20)36)45-21-11(27-8(3)30)23(39)42-10(5-29)14(21)33/h6-7,9-26,28-29,31-39H,4-5H2,1-3H3,(H,27,30)/t6-,7-,9-,10-,11-,12+,13+,14-,15+,16+,17-,18-,19-,20+,21-,22-,23-,24+,25+,26+/m1/s1. The molecular formula is C26H45NO19. The second-order valence-electron chi connectivity index (χ2n) is 11.8. The van der Waals surface area contributed by atoms with E-state index in [9.17, 15) is 61.0 Å². The van der Waals surface area contributed by atoms with Crippen molar-refractivity contribution in [1.82, 2.24) is 5.32 Å². The fourth-order valence-electron chi connectivity index (χ4n) is 5.84. The second-order valence-corrected chi connectivity index (χ2v) is 11.8. The van der Waals surface area contributed by atoms with Crippen LogP contribution in [0.15, 0.2) is 0 Å². The number of hydrogen-bond acceptors (Lipinski definition) is 19. The molecule has 4 heterocycles. The van der Waals surface area contributed by atoms with Crippen LogP contribution in [0.5, 0.6) is 0 Å². The molecule has 20 nitrogen and oxygen atoms in total. The Morgan fingerprint density at radius 3 is 1.65 bits per heavy atom. The summed E-state index contributed by atoms with van der Waals surface area (Å²) in [4.78, 5) is 11.7. The van der Waals surface area contributed by atoms with Crippen molar-refractivity contribution >= 4 is 5.91 Å². The number of aliphatic hydroxyl groups is 11. The molecule has 0 unspecified atom stereocenters. The smallest absolute Gasteiger partial charge is 0.217 e. The molecule has 4 aliphatic heterocycles. The first-order valence-corrected chi connectivity index (χ1v) is 14.8. The number of nitrogens with one attached hydrogen (secondary N) is 1. The zero-order valence-corrected chi connectivity index (χ0v) is 25.1. The van der Waals surface area contributed by atoms with Crippen molar-refractivity contribution in [3.05, 3.63) is 0 Å². The van der Waals surface area contributed by atoms with Gasteiger partial charge in [0, 0.05) is 6.92 Å². The lowest BCUT2D eigenvalue weighted by Gasteiger charge is -2.49.